The van der Waals surface area contributed by atoms with Crippen LogP contribution in [0.15, 0.2) is 60.7 Å². The molecule has 4 heteroatoms. The van der Waals surface area contributed by atoms with Crippen LogP contribution < -0.4 is 5.32 Å². The fraction of sp³-hybridized carbons (Fsp3) is 0.143. The van der Waals surface area contributed by atoms with Crippen molar-refractivity contribution in [1.29, 1.82) is 0 Å². The molecule has 0 fully saturated rings. The molecule has 0 atom stereocenters. The predicted octanol–water partition coefficient (Wildman–Crippen LogP) is 3.89. The van der Waals surface area contributed by atoms with Gasteiger partial charge in [0.25, 0.3) is 0 Å². The maximum absolute atomic E-state index is 12.6. The molecule has 0 saturated carbocycles. The molecule has 2 aromatic rings. The molecule has 94 valence electrons. The lowest BCUT2D eigenvalue weighted by Gasteiger charge is -2.21. The zero-order chi connectivity index (χ0) is 13.0. The van der Waals surface area contributed by atoms with Crippen LogP contribution in [0.2, 0.25) is 0 Å². The minimum Gasteiger partial charge on any atom is -0.217 e. The van der Waals surface area contributed by atoms with Gasteiger partial charge in [0.05, 0.1) is 6.04 Å². The van der Waals surface area contributed by atoms with Gasteiger partial charge in [0.2, 0.25) is 0 Å². The van der Waals surface area contributed by atoms with Crippen molar-refractivity contribution in [2.75, 3.05) is 0 Å². The van der Waals surface area contributed by atoms with E-state index in [9.17, 15) is 13.2 Å². The minimum absolute atomic E-state index is 0.584. The maximum atomic E-state index is 12.6. The summed E-state index contributed by atoms with van der Waals surface area (Å²) < 4.78 is 37.7. The summed E-state index contributed by atoms with van der Waals surface area (Å²) >= 11 is 0. The van der Waals surface area contributed by atoms with Crippen LogP contribution in [-0.4, -0.2) is 6.30 Å². The summed E-state index contributed by atoms with van der Waals surface area (Å²) in [5, 5.41) is 1.69. The summed E-state index contributed by atoms with van der Waals surface area (Å²) in [5.74, 6) is 0. The highest BCUT2D eigenvalue weighted by Gasteiger charge is 2.32. The van der Waals surface area contributed by atoms with E-state index in [0.717, 1.165) is 0 Å². The van der Waals surface area contributed by atoms with Crippen LogP contribution in [0.5, 0.6) is 0 Å². The van der Waals surface area contributed by atoms with E-state index < -0.39 is 12.3 Å². The maximum Gasteiger partial charge on any atom is 0.458 e. The molecule has 0 aliphatic heterocycles. The van der Waals surface area contributed by atoms with E-state index in [-0.39, 0.29) is 0 Å². The van der Waals surface area contributed by atoms with Gasteiger partial charge in [0.1, 0.15) is 0 Å². The molecule has 1 nitrogen and oxygen atoms in total. The molecule has 2 rings (SSSR count). The van der Waals surface area contributed by atoms with Gasteiger partial charge in [-0.15, -0.1) is 0 Å². The van der Waals surface area contributed by atoms with E-state index in [1.54, 1.807) is 66.0 Å². The first-order valence-corrected chi connectivity index (χ1v) is 5.50. The minimum atomic E-state index is -4.42. The number of rotatable bonds is 3. The third-order valence-corrected chi connectivity index (χ3v) is 2.57. The zero-order valence-corrected chi connectivity index (χ0v) is 9.48. The van der Waals surface area contributed by atoms with Crippen LogP contribution in [0.4, 0.5) is 13.2 Å². The average Bonchev–Trinajstić information content (AvgIpc) is 2.37. The van der Waals surface area contributed by atoms with Crippen molar-refractivity contribution in [2.45, 2.75) is 12.3 Å². The fourth-order valence-corrected chi connectivity index (χ4v) is 1.81. The number of benzene rings is 2. The van der Waals surface area contributed by atoms with Gasteiger partial charge >= 0.3 is 6.30 Å². The second-order valence-corrected chi connectivity index (χ2v) is 3.90. The van der Waals surface area contributed by atoms with Gasteiger partial charge in [-0.3, -0.25) is 0 Å². The first-order valence-electron chi connectivity index (χ1n) is 5.50. The highest BCUT2D eigenvalue weighted by atomic mass is 19.4. The van der Waals surface area contributed by atoms with Crippen LogP contribution in [0, 0.1) is 0 Å². The quantitative estimate of drug-likeness (QED) is 0.816. The van der Waals surface area contributed by atoms with E-state index in [1.807, 2.05) is 0 Å². The molecule has 0 aliphatic carbocycles. The highest BCUT2D eigenvalue weighted by molar-refractivity contribution is 5.31. The molecule has 0 saturated heterocycles. The summed E-state index contributed by atoms with van der Waals surface area (Å²) in [5.41, 5.74) is 1.17. The van der Waals surface area contributed by atoms with Crippen LogP contribution in [0.1, 0.15) is 17.2 Å². The van der Waals surface area contributed by atoms with Gasteiger partial charge in [-0.1, -0.05) is 60.7 Å². The van der Waals surface area contributed by atoms with Crippen molar-refractivity contribution < 1.29 is 13.2 Å². The Balaban J connectivity index is 2.36. The van der Waals surface area contributed by atoms with Crippen molar-refractivity contribution >= 4 is 0 Å². The Kier molecular flexibility index (Phi) is 3.67. The molecule has 2 aromatic carbocycles. The monoisotopic (exact) mass is 251 g/mol. The molecule has 0 spiro atoms. The molecule has 0 radical (unpaired) electrons. The fourth-order valence-electron chi connectivity index (χ4n) is 1.81. The van der Waals surface area contributed by atoms with E-state index in [2.05, 4.69) is 0 Å². The second-order valence-electron chi connectivity index (χ2n) is 3.90. The molecule has 0 unspecified atom stereocenters. The van der Waals surface area contributed by atoms with Crippen molar-refractivity contribution in [3.05, 3.63) is 71.8 Å². The number of hydrogen-bond acceptors (Lipinski definition) is 1. The first kappa shape index (κ1) is 12.6. The number of halogens is 3. The first-order chi connectivity index (χ1) is 8.56. The lowest BCUT2D eigenvalue weighted by atomic mass is 9.99. The van der Waals surface area contributed by atoms with Gasteiger partial charge < -0.3 is 0 Å². The van der Waals surface area contributed by atoms with Crippen molar-refractivity contribution in [2.24, 2.45) is 0 Å². The molecule has 0 bridgehead atoms. The predicted molar refractivity (Wildman–Crippen MR) is 63.9 cm³/mol. The van der Waals surface area contributed by atoms with Crippen molar-refractivity contribution in [3.8, 4) is 0 Å². The number of alkyl halides is 3. The van der Waals surface area contributed by atoms with E-state index in [4.69, 9.17) is 0 Å². The molecular weight excluding hydrogens is 239 g/mol. The molecule has 0 amide bonds. The molecule has 18 heavy (non-hydrogen) atoms. The van der Waals surface area contributed by atoms with E-state index in [0.29, 0.717) is 11.1 Å². The van der Waals surface area contributed by atoms with Gasteiger partial charge in [0, 0.05) is 0 Å². The molecule has 0 heterocycles. The lowest BCUT2D eigenvalue weighted by Crippen LogP contribution is -2.35. The third kappa shape index (κ3) is 3.34. The zero-order valence-electron chi connectivity index (χ0n) is 9.48. The summed E-state index contributed by atoms with van der Waals surface area (Å²) in [6.45, 7) is 0. The Morgan fingerprint density at radius 3 is 1.44 bits per heavy atom. The highest BCUT2D eigenvalue weighted by Crippen LogP contribution is 2.26. The average molecular weight is 251 g/mol. The Bertz CT molecular complexity index is 440. The summed E-state index contributed by atoms with van der Waals surface area (Å²) in [6.07, 6.45) is -4.42. The van der Waals surface area contributed by atoms with Crippen molar-refractivity contribution in [3.63, 3.8) is 0 Å². The van der Waals surface area contributed by atoms with Crippen LogP contribution >= 0.6 is 0 Å². The van der Waals surface area contributed by atoms with Crippen LogP contribution in [0.3, 0.4) is 0 Å². The standard InChI is InChI=1S/C14H12F3N/c15-14(16,17)18-13(11-7-3-1-4-8-11)12-9-5-2-6-10-12/h1-10,13,18H. The van der Waals surface area contributed by atoms with Crippen LogP contribution in [-0.2, 0) is 0 Å². The summed E-state index contributed by atoms with van der Waals surface area (Å²) in [7, 11) is 0. The smallest absolute Gasteiger partial charge is 0.217 e. The summed E-state index contributed by atoms with van der Waals surface area (Å²) in [6, 6.07) is 16.3. The molecule has 1 N–H and O–H groups in total. The molecule has 0 aliphatic rings. The molecule has 0 aromatic heterocycles. The molecular formula is C14H12F3N. The number of hydrogen-bond donors (Lipinski definition) is 1. The Morgan fingerprint density at radius 1 is 0.722 bits per heavy atom. The largest absolute Gasteiger partial charge is 0.458 e. The topological polar surface area (TPSA) is 12.0 Å². The summed E-state index contributed by atoms with van der Waals surface area (Å²) in [4.78, 5) is 0. The van der Waals surface area contributed by atoms with E-state index in [1.165, 1.54) is 0 Å². The normalized spacial score (nSPS) is 11.8. The van der Waals surface area contributed by atoms with E-state index >= 15 is 0 Å². The Morgan fingerprint density at radius 2 is 1.11 bits per heavy atom. The Labute approximate surface area is 103 Å². The van der Waals surface area contributed by atoms with Crippen molar-refractivity contribution in [1.82, 2.24) is 5.32 Å². The lowest BCUT2D eigenvalue weighted by molar-refractivity contribution is -0.162. The van der Waals surface area contributed by atoms with Crippen LogP contribution in [0.25, 0.3) is 0 Å². The SMILES string of the molecule is FC(F)(F)NC(c1ccccc1)c1ccccc1. The second kappa shape index (κ2) is 5.23. The number of nitrogens with one attached hydrogen (secondary N) is 1. The Hall–Kier alpha value is -1.81. The van der Waals surface area contributed by atoms with Gasteiger partial charge in [-0.25, -0.2) is 5.32 Å². The third-order valence-electron chi connectivity index (χ3n) is 2.57. The van der Waals surface area contributed by atoms with Gasteiger partial charge in [-0.05, 0) is 11.1 Å². The van der Waals surface area contributed by atoms with Gasteiger partial charge in [0.15, 0.2) is 0 Å². The van der Waals surface area contributed by atoms with Gasteiger partial charge in [-0.2, -0.15) is 13.2 Å².